The summed E-state index contributed by atoms with van der Waals surface area (Å²) < 4.78 is 0. The van der Waals surface area contributed by atoms with E-state index in [9.17, 15) is 9.59 Å². The predicted octanol–water partition coefficient (Wildman–Crippen LogP) is 0.914. The summed E-state index contributed by atoms with van der Waals surface area (Å²) in [5.41, 5.74) is -0.842. The highest BCUT2D eigenvalue weighted by Crippen LogP contribution is 2.23. The molecule has 1 aliphatic rings. The largest absolute Gasteiger partial charge is 0.340 e. The maximum Gasteiger partial charge on any atom is 0.248 e. The second kappa shape index (κ2) is 4.79. The van der Waals surface area contributed by atoms with Crippen LogP contribution in [0.5, 0.6) is 0 Å². The van der Waals surface area contributed by atoms with Gasteiger partial charge in [-0.05, 0) is 27.2 Å². The highest BCUT2D eigenvalue weighted by Gasteiger charge is 2.45. The highest BCUT2D eigenvalue weighted by atomic mass is 16.2. The van der Waals surface area contributed by atoms with Crippen LogP contribution in [-0.2, 0) is 9.59 Å². The Morgan fingerprint density at radius 1 is 1.53 bits per heavy atom. The minimum atomic E-state index is -0.842. The van der Waals surface area contributed by atoms with Crippen molar-refractivity contribution in [3.05, 3.63) is 0 Å². The smallest absolute Gasteiger partial charge is 0.248 e. The number of nitrogens with zero attached hydrogens (tertiary/aromatic N) is 1. The molecule has 2 atom stereocenters. The van der Waals surface area contributed by atoms with Gasteiger partial charge in [-0.1, -0.05) is 6.92 Å². The van der Waals surface area contributed by atoms with Crippen molar-refractivity contribution in [2.24, 2.45) is 0 Å². The Kier molecular flexibility index (Phi) is 3.82. The maximum absolute atomic E-state index is 12.3. The fraction of sp³-hybridized carbons (Fsp3) is 0.692. The van der Waals surface area contributed by atoms with Gasteiger partial charge in [0.1, 0.15) is 11.6 Å². The van der Waals surface area contributed by atoms with Crippen LogP contribution in [0.15, 0.2) is 0 Å². The zero-order valence-corrected chi connectivity index (χ0v) is 10.9. The van der Waals surface area contributed by atoms with Crippen LogP contribution in [0.1, 0.15) is 40.5 Å². The average Bonchev–Trinajstić information content (AvgIpc) is 2.22. The van der Waals surface area contributed by atoms with E-state index in [2.05, 4.69) is 11.2 Å². The van der Waals surface area contributed by atoms with Gasteiger partial charge in [0.15, 0.2) is 0 Å². The van der Waals surface area contributed by atoms with Gasteiger partial charge in [-0.3, -0.25) is 9.59 Å². The highest BCUT2D eigenvalue weighted by molar-refractivity contribution is 5.99. The molecule has 1 aliphatic heterocycles. The second-order valence-electron chi connectivity index (χ2n) is 5.01. The zero-order valence-electron chi connectivity index (χ0n) is 10.9. The molecule has 0 radical (unpaired) electrons. The Bertz CT molecular complexity index is 368. The quantitative estimate of drug-likeness (QED) is 0.741. The Morgan fingerprint density at radius 3 is 2.59 bits per heavy atom. The molecule has 0 saturated carbocycles. The molecule has 1 N–H and O–H groups in total. The van der Waals surface area contributed by atoms with Crippen molar-refractivity contribution in [2.75, 3.05) is 0 Å². The summed E-state index contributed by atoms with van der Waals surface area (Å²) in [7, 11) is 0. The number of nitrogens with one attached hydrogen (secondary N) is 1. The number of terminal acetylenes is 1. The fourth-order valence-electron chi connectivity index (χ4n) is 2.19. The van der Waals surface area contributed by atoms with Crippen LogP contribution >= 0.6 is 0 Å². The van der Waals surface area contributed by atoms with Gasteiger partial charge in [0.2, 0.25) is 11.8 Å². The lowest BCUT2D eigenvalue weighted by atomic mass is 9.93. The molecule has 2 unspecified atom stereocenters. The van der Waals surface area contributed by atoms with E-state index in [4.69, 9.17) is 6.42 Å². The monoisotopic (exact) mass is 236 g/mol. The number of rotatable bonds is 3. The van der Waals surface area contributed by atoms with Crippen molar-refractivity contribution >= 4 is 11.8 Å². The summed E-state index contributed by atoms with van der Waals surface area (Å²) in [5, 5.41) is 2.75. The first-order valence-electron chi connectivity index (χ1n) is 5.93. The molecular formula is C13H20N2O2. The first-order chi connectivity index (χ1) is 7.85. The Morgan fingerprint density at radius 2 is 2.12 bits per heavy atom. The van der Waals surface area contributed by atoms with E-state index >= 15 is 0 Å². The first kappa shape index (κ1) is 13.6. The molecule has 1 rings (SSSR count). The van der Waals surface area contributed by atoms with Crippen molar-refractivity contribution < 1.29 is 9.59 Å². The van der Waals surface area contributed by atoms with Gasteiger partial charge in [-0.2, -0.15) is 0 Å². The van der Waals surface area contributed by atoms with Crippen LogP contribution in [0.2, 0.25) is 0 Å². The molecule has 0 aromatic rings. The molecule has 0 spiro atoms. The molecule has 94 valence electrons. The summed E-state index contributed by atoms with van der Waals surface area (Å²) in [4.78, 5) is 25.9. The van der Waals surface area contributed by atoms with Gasteiger partial charge in [0.05, 0.1) is 0 Å². The van der Waals surface area contributed by atoms with Gasteiger partial charge in [0.25, 0.3) is 0 Å². The van der Waals surface area contributed by atoms with Gasteiger partial charge in [-0.15, -0.1) is 12.3 Å². The van der Waals surface area contributed by atoms with Gasteiger partial charge < -0.3 is 10.2 Å². The topological polar surface area (TPSA) is 49.4 Å². The third kappa shape index (κ3) is 2.44. The molecule has 4 heteroatoms. The predicted molar refractivity (Wildman–Crippen MR) is 66.1 cm³/mol. The van der Waals surface area contributed by atoms with Gasteiger partial charge >= 0.3 is 0 Å². The number of hydrogen-bond donors (Lipinski definition) is 1. The lowest BCUT2D eigenvalue weighted by Crippen LogP contribution is -2.69. The number of hydrogen-bond acceptors (Lipinski definition) is 2. The molecule has 1 fully saturated rings. The van der Waals surface area contributed by atoms with Crippen LogP contribution in [0.4, 0.5) is 0 Å². The molecule has 17 heavy (non-hydrogen) atoms. The summed E-state index contributed by atoms with van der Waals surface area (Å²) >= 11 is 0. The molecular weight excluding hydrogens is 216 g/mol. The van der Waals surface area contributed by atoms with E-state index in [0.717, 1.165) is 0 Å². The maximum atomic E-state index is 12.3. The molecule has 0 aliphatic carbocycles. The van der Waals surface area contributed by atoms with Crippen molar-refractivity contribution in [3.63, 3.8) is 0 Å². The summed E-state index contributed by atoms with van der Waals surface area (Å²) in [6, 6.07) is -0.512. The van der Waals surface area contributed by atoms with Crippen LogP contribution in [-0.4, -0.2) is 34.3 Å². The standard InChI is InChI=1S/C13H20N2O2/c1-6-8-9(3)15-10(7-2)11(16)14-13(4,5)12(15)17/h1,9-10H,7-8H2,2-5H3,(H,14,16). The fourth-order valence-corrected chi connectivity index (χ4v) is 2.19. The van der Waals surface area contributed by atoms with Crippen molar-refractivity contribution in [1.82, 2.24) is 10.2 Å². The van der Waals surface area contributed by atoms with E-state index in [0.29, 0.717) is 12.8 Å². The summed E-state index contributed by atoms with van der Waals surface area (Å²) in [6.45, 7) is 7.21. The van der Waals surface area contributed by atoms with E-state index in [1.807, 2.05) is 13.8 Å². The van der Waals surface area contributed by atoms with Gasteiger partial charge in [-0.25, -0.2) is 0 Å². The van der Waals surface area contributed by atoms with Gasteiger partial charge in [0, 0.05) is 12.5 Å². The average molecular weight is 236 g/mol. The van der Waals surface area contributed by atoms with Crippen LogP contribution in [0, 0.1) is 12.3 Å². The second-order valence-corrected chi connectivity index (χ2v) is 5.01. The van der Waals surface area contributed by atoms with E-state index in [-0.39, 0.29) is 17.9 Å². The minimum absolute atomic E-state index is 0.0632. The van der Waals surface area contributed by atoms with Crippen molar-refractivity contribution in [2.45, 2.75) is 58.2 Å². The summed E-state index contributed by atoms with van der Waals surface area (Å²) in [6.07, 6.45) is 6.35. The Labute approximate surface area is 103 Å². The van der Waals surface area contributed by atoms with E-state index in [1.54, 1.807) is 18.7 Å². The number of carbonyl (C=O) groups excluding carboxylic acids is 2. The van der Waals surface area contributed by atoms with Crippen LogP contribution in [0.3, 0.4) is 0 Å². The third-order valence-electron chi connectivity index (χ3n) is 3.12. The molecule has 0 aromatic carbocycles. The normalized spacial score (nSPS) is 25.1. The van der Waals surface area contributed by atoms with E-state index < -0.39 is 11.6 Å². The first-order valence-corrected chi connectivity index (χ1v) is 5.93. The SMILES string of the molecule is C#CCC(C)N1C(=O)C(C)(C)NC(=O)C1CC. The third-order valence-corrected chi connectivity index (χ3v) is 3.12. The Balaban J connectivity index is 3.06. The molecule has 0 aromatic heterocycles. The lowest BCUT2D eigenvalue weighted by molar-refractivity contribution is -0.156. The van der Waals surface area contributed by atoms with Crippen LogP contribution in [0.25, 0.3) is 0 Å². The molecule has 0 bridgehead atoms. The number of piperazine rings is 1. The summed E-state index contributed by atoms with van der Waals surface area (Å²) in [5.74, 6) is 2.39. The molecule has 1 heterocycles. The molecule has 1 saturated heterocycles. The zero-order chi connectivity index (χ0) is 13.2. The van der Waals surface area contributed by atoms with Crippen LogP contribution < -0.4 is 5.32 Å². The number of carbonyl (C=O) groups is 2. The van der Waals surface area contributed by atoms with Crippen molar-refractivity contribution in [3.8, 4) is 12.3 Å². The Hall–Kier alpha value is -1.50. The minimum Gasteiger partial charge on any atom is -0.340 e. The van der Waals surface area contributed by atoms with Crippen molar-refractivity contribution in [1.29, 1.82) is 0 Å². The molecule has 4 nitrogen and oxygen atoms in total. The lowest BCUT2D eigenvalue weighted by Gasteiger charge is -2.45. The molecule has 2 amide bonds. The number of amides is 2. The van der Waals surface area contributed by atoms with E-state index in [1.165, 1.54) is 0 Å².